The van der Waals surface area contributed by atoms with E-state index in [0.717, 1.165) is 26.9 Å². The van der Waals surface area contributed by atoms with Gasteiger partial charge in [0.2, 0.25) is 0 Å². The summed E-state index contributed by atoms with van der Waals surface area (Å²) in [5, 5.41) is 0. The van der Waals surface area contributed by atoms with Gasteiger partial charge in [-0.1, -0.05) is 23.5 Å². The molecule has 1 amide bonds. The van der Waals surface area contributed by atoms with E-state index >= 15 is 0 Å². The Bertz CT molecular complexity index is 1250. The molecule has 0 bridgehead atoms. The Labute approximate surface area is 190 Å². The summed E-state index contributed by atoms with van der Waals surface area (Å²) in [4.78, 5) is 29.5. The van der Waals surface area contributed by atoms with Gasteiger partial charge in [0.25, 0.3) is 5.91 Å². The number of carbonyl (C=O) groups is 2. The van der Waals surface area contributed by atoms with Gasteiger partial charge in [-0.25, -0.2) is 0 Å². The van der Waals surface area contributed by atoms with Crippen molar-refractivity contribution in [3.63, 3.8) is 0 Å². The second-order valence-electron chi connectivity index (χ2n) is 7.10. The van der Waals surface area contributed by atoms with Crippen molar-refractivity contribution in [2.75, 3.05) is 20.8 Å². The lowest BCUT2D eigenvalue weighted by Crippen LogP contribution is -2.22. The molecule has 0 saturated heterocycles. The molecule has 2 aromatic carbocycles. The number of aryl methyl sites for hydroxylation is 2. The number of amides is 1. The maximum absolute atomic E-state index is 12.6. The van der Waals surface area contributed by atoms with Crippen molar-refractivity contribution in [1.29, 1.82) is 0 Å². The minimum atomic E-state index is -0.432. The highest BCUT2D eigenvalue weighted by Crippen LogP contribution is 2.28. The summed E-state index contributed by atoms with van der Waals surface area (Å²) >= 11 is 1.38. The van der Waals surface area contributed by atoms with Crippen molar-refractivity contribution in [3.05, 3.63) is 57.9 Å². The van der Waals surface area contributed by atoms with Gasteiger partial charge in [-0.05, 0) is 61.7 Å². The smallest absolute Gasteiger partial charge is 0.326 e. The summed E-state index contributed by atoms with van der Waals surface area (Å²) in [6.07, 6.45) is 3.05. The first-order valence-corrected chi connectivity index (χ1v) is 10.9. The Balaban J connectivity index is 1.99. The van der Waals surface area contributed by atoms with Gasteiger partial charge in [0.1, 0.15) is 6.54 Å². The lowest BCUT2D eigenvalue weighted by Gasteiger charge is -2.07. The monoisotopic (exact) mass is 454 g/mol. The third-order valence-electron chi connectivity index (χ3n) is 4.74. The number of methoxy groups -OCH3 is 2. The summed E-state index contributed by atoms with van der Waals surface area (Å²) in [6, 6.07) is 9.41. The van der Waals surface area contributed by atoms with Gasteiger partial charge < -0.3 is 18.8 Å². The molecule has 3 aromatic rings. The van der Waals surface area contributed by atoms with E-state index in [0.29, 0.717) is 22.9 Å². The number of rotatable bonds is 7. The molecule has 32 heavy (non-hydrogen) atoms. The van der Waals surface area contributed by atoms with Crippen LogP contribution in [0.4, 0.5) is 0 Å². The van der Waals surface area contributed by atoms with E-state index in [9.17, 15) is 9.59 Å². The molecule has 0 aliphatic rings. The van der Waals surface area contributed by atoms with E-state index in [1.54, 1.807) is 43.9 Å². The standard InChI is InChI=1S/C24H26N2O5S/c1-6-31-22(28)14-26-18-12-15(2)11-16(3)23(18)32-24(26)25-21(27)10-8-17-7-9-19(29-4)20(13-17)30-5/h7-13H,6,14H2,1-5H3. The normalized spacial score (nSPS) is 11.8. The van der Waals surface area contributed by atoms with Crippen molar-refractivity contribution >= 4 is 39.5 Å². The van der Waals surface area contributed by atoms with Crippen LogP contribution in [-0.4, -0.2) is 37.3 Å². The quantitative estimate of drug-likeness (QED) is 0.398. The average molecular weight is 455 g/mol. The summed E-state index contributed by atoms with van der Waals surface area (Å²) in [5.41, 5.74) is 3.76. The van der Waals surface area contributed by atoms with E-state index in [1.807, 2.05) is 26.0 Å². The van der Waals surface area contributed by atoms with Crippen molar-refractivity contribution in [2.45, 2.75) is 27.3 Å². The highest BCUT2D eigenvalue weighted by molar-refractivity contribution is 7.16. The molecule has 168 valence electrons. The Kier molecular flexibility index (Phi) is 7.48. The number of thiazole rings is 1. The zero-order valence-corrected chi connectivity index (χ0v) is 19.6. The summed E-state index contributed by atoms with van der Waals surface area (Å²) in [5.74, 6) is 0.373. The molecule has 0 N–H and O–H groups in total. The fourth-order valence-electron chi connectivity index (χ4n) is 3.34. The Morgan fingerprint density at radius 3 is 2.53 bits per heavy atom. The van der Waals surface area contributed by atoms with Gasteiger partial charge in [-0.15, -0.1) is 0 Å². The zero-order chi connectivity index (χ0) is 23.3. The van der Waals surface area contributed by atoms with Crippen LogP contribution in [-0.2, 0) is 20.9 Å². The van der Waals surface area contributed by atoms with E-state index in [1.165, 1.54) is 17.4 Å². The number of hydrogen-bond acceptors (Lipinski definition) is 6. The Hall–Kier alpha value is -3.39. The molecular formula is C24H26N2O5S. The van der Waals surface area contributed by atoms with Crippen LogP contribution in [0.3, 0.4) is 0 Å². The number of esters is 1. The SMILES string of the molecule is CCOC(=O)Cn1c(=NC(=O)C=Cc2ccc(OC)c(OC)c2)sc2c(C)cc(C)cc21. The highest BCUT2D eigenvalue weighted by Gasteiger charge is 2.14. The van der Waals surface area contributed by atoms with Crippen LogP contribution >= 0.6 is 11.3 Å². The largest absolute Gasteiger partial charge is 0.493 e. The van der Waals surface area contributed by atoms with Crippen LogP contribution in [0.15, 0.2) is 41.4 Å². The number of fused-ring (bicyclic) bond motifs is 1. The molecule has 8 heteroatoms. The van der Waals surface area contributed by atoms with Crippen molar-refractivity contribution in [2.24, 2.45) is 4.99 Å². The van der Waals surface area contributed by atoms with E-state index in [4.69, 9.17) is 14.2 Å². The van der Waals surface area contributed by atoms with E-state index in [2.05, 4.69) is 11.1 Å². The zero-order valence-electron chi connectivity index (χ0n) is 18.8. The van der Waals surface area contributed by atoms with Crippen LogP contribution < -0.4 is 14.3 Å². The summed E-state index contributed by atoms with van der Waals surface area (Å²) < 4.78 is 18.4. The van der Waals surface area contributed by atoms with Crippen LogP contribution in [0.1, 0.15) is 23.6 Å². The van der Waals surface area contributed by atoms with Crippen LogP contribution in [0.5, 0.6) is 11.5 Å². The van der Waals surface area contributed by atoms with E-state index < -0.39 is 5.91 Å². The van der Waals surface area contributed by atoms with Gasteiger partial charge in [0.05, 0.1) is 31.0 Å². The maximum atomic E-state index is 12.6. The fraction of sp³-hybridized carbons (Fsp3) is 0.292. The predicted octanol–water partition coefficient (Wildman–Crippen LogP) is 4.04. The molecule has 7 nitrogen and oxygen atoms in total. The molecule has 0 aliphatic carbocycles. The van der Waals surface area contributed by atoms with Crippen LogP contribution in [0, 0.1) is 13.8 Å². The Morgan fingerprint density at radius 1 is 1.09 bits per heavy atom. The van der Waals surface area contributed by atoms with Crippen molar-refractivity contribution in [3.8, 4) is 11.5 Å². The molecule has 0 atom stereocenters. The summed E-state index contributed by atoms with van der Waals surface area (Å²) in [6.45, 7) is 6.04. The summed E-state index contributed by atoms with van der Waals surface area (Å²) in [7, 11) is 3.12. The minimum absolute atomic E-state index is 0.0117. The second-order valence-corrected chi connectivity index (χ2v) is 8.08. The van der Waals surface area contributed by atoms with Gasteiger partial charge in [0, 0.05) is 6.08 Å². The van der Waals surface area contributed by atoms with Gasteiger partial charge >= 0.3 is 5.97 Å². The lowest BCUT2D eigenvalue weighted by molar-refractivity contribution is -0.143. The third-order valence-corrected chi connectivity index (χ3v) is 5.97. The number of ether oxygens (including phenoxy) is 3. The lowest BCUT2D eigenvalue weighted by atomic mass is 10.1. The van der Waals surface area contributed by atoms with Crippen LogP contribution in [0.2, 0.25) is 0 Å². The number of carbonyl (C=O) groups excluding carboxylic acids is 2. The Morgan fingerprint density at radius 2 is 1.84 bits per heavy atom. The molecule has 0 radical (unpaired) electrons. The minimum Gasteiger partial charge on any atom is -0.493 e. The molecule has 0 spiro atoms. The topological polar surface area (TPSA) is 79.1 Å². The third kappa shape index (κ3) is 5.26. The fourth-order valence-corrected chi connectivity index (χ4v) is 4.43. The van der Waals surface area contributed by atoms with E-state index in [-0.39, 0.29) is 12.5 Å². The first-order chi connectivity index (χ1) is 15.4. The van der Waals surface area contributed by atoms with Gasteiger partial charge in [-0.2, -0.15) is 4.99 Å². The molecule has 1 heterocycles. The second kappa shape index (κ2) is 10.3. The number of benzene rings is 2. The van der Waals surface area contributed by atoms with Crippen molar-refractivity contribution < 1.29 is 23.8 Å². The molecule has 0 aliphatic heterocycles. The first kappa shape index (κ1) is 23.3. The number of nitrogens with zero attached hydrogens (tertiary/aromatic N) is 2. The molecule has 0 unspecified atom stereocenters. The first-order valence-electron chi connectivity index (χ1n) is 10.1. The molecular weight excluding hydrogens is 428 g/mol. The predicted molar refractivity (Wildman–Crippen MR) is 125 cm³/mol. The van der Waals surface area contributed by atoms with Crippen LogP contribution in [0.25, 0.3) is 16.3 Å². The molecule has 0 saturated carbocycles. The molecule has 1 aromatic heterocycles. The van der Waals surface area contributed by atoms with Crippen molar-refractivity contribution in [1.82, 2.24) is 4.57 Å². The average Bonchev–Trinajstić information content (AvgIpc) is 3.09. The highest BCUT2D eigenvalue weighted by atomic mass is 32.1. The van der Waals surface area contributed by atoms with Gasteiger partial charge in [-0.3, -0.25) is 9.59 Å². The number of aromatic nitrogens is 1. The maximum Gasteiger partial charge on any atom is 0.326 e. The van der Waals surface area contributed by atoms with Gasteiger partial charge in [0.15, 0.2) is 16.3 Å². The number of hydrogen-bond donors (Lipinski definition) is 0. The molecule has 3 rings (SSSR count). The molecule has 0 fully saturated rings.